The maximum Gasteiger partial charge on any atom is 0.119 e. The molecule has 4 rings (SSSR count). The van der Waals surface area contributed by atoms with E-state index in [4.69, 9.17) is 4.74 Å². The number of nitrogens with zero attached hydrogens (tertiary/aromatic N) is 2. The minimum atomic E-state index is -0.453. The Kier molecular flexibility index (Phi) is 7.20. The summed E-state index contributed by atoms with van der Waals surface area (Å²) in [6.45, 7) is 5.80. The van der Waals surface area contributed by atoms with Gasteiger partial charge < -0.3 is 14.7 Å². The molecule has 0 aliphatic carbocycles. The van der Waals surface area contributed by atoms with Gasteiger partial charge in [-0.25, -0.2) is 0 Å². The molecule has 0 spiro atoms. The van der Waals surface area contributed by atoms with Crippen molar-refractivity contribution in [3.63, 3.8) is 0 Å². The van der Waals surface area contributed by atoms with Gasteiger partial charge in [-0.05, 0) is 68.6 Å². The van der Waals surface area contributed by atoms with Gasteiger partial charge in [0.1, 0.15) is 18.5 Å². The van der Waals surface area contributed by atoms with Gasteiger partial charge in [0.05, 0.1) is 0 Å². The van der Waals surface area contributed by atoms with Crippen molar-refractivity contribution in [2.24, 2.45) is 0 Å². The summed E-state index contributed by atoms with van der Waals surface area (Å²) in [5.74, 6) is 0.815. The molecule has 0 radical (unpaired) electrons. The molecule has 2 aliphatic rings. The third kappa shape index (κ3) is 5.81. The number of benzene rings is 2. The zero-order chi connectivity index (χ0) is 19.9. The Bertz CT molecular complexity index is 728. The summed E-state index contributed by atoms with van der Waals surface area (Å²) in [5.41, 5.74) is 2.38. The van der Waals surface area contributed by atoms with Gasteiger partial charge in [-0.2, -0.15) is 0 Å². The number of piperidine rings is 1. The molecule has 2 aromatic rings. The molecule has 4 heteroatoms. The molecule has 2 fully saturated rings. The summed E-state index contributed by atoms with van der Waals surface area (Å²) in [6.07, 6.45) is 6.11. The fourth-order valence-corrected chi connectivity index (χ4v) is 4.67. The summed E-state index contributed by atoms with van der Waals surface area (Å²) in [4.78, 5) is 5.09. The quantitative estimate of drug-likeness (QED) is 0.733. The number of ether oxygens (including phenoxy) is 1. The molecule has 2 aliphatic heterocycles. The first-order chi connectivity index (χ1) is 14.3. The largest absolute Gasteiger partial charge is 0.491 e. The highest BCUT2D eigenvalue weighted by atomic mass is 16.5. The number of aliphatic hydroxyl groups is 1. The Hall–Kier alpha value is -1.88. The minimum absolute atomic E-state index is 0.345. The molecule has 156 valence electrons. The molecular weight excluding hydrogens is 360 g/mol. The molecule has 29 heavy (non-hydrogen) atoms. The standard InChI is InChI=1S/C25H34N2O2/c28-24(19-27-17-7-10-23(27)18-26-15-5-2-6-16-26)20-29-25-13-11-22(12-14-25)21-8-3-1-4-9-21/h1,3-4,8-9,11-14,23-24,28H,2,5-7,10,15-20H2. The van der Waals surface area contributed by atoms with E-state index in [1.165, 1.54) is 56.3 Å². The van der Waals surface area contributed by atoms with E-state index < -0.39 is 6.10 Å². The fourth-order valence-electron chi connectivity index (χ4n) is 4.67. The van der Waals surface area contributed by atoms with Gasteiger partial charge in [0, 0.05) is 19.1 Å². The van der Waals surface area contributed by atoms with Crippen LogP contribution in [0.25, 0.3) is 11.1 Å². The van der Waals surface area contributed by atoms with Crippen molar-refractivity contribution in [3.05, 3.63) is 54.6 Å². The van der Waals surface area contributed by atoms with Crippen LogP contribution in [0.3, 0.4) is 0 Å². The molecule has 2 heterocycles. The number of rotatable bonds is 8. The molecular formula is C25H34N2O2. The van der Waals surface area contributed by atoms with E-state index in [1.807, 2.05) is 30.3 Å². The first-order valence-corrected chi connectivity index (χ1v) is 11.2. The van der Waals surface area contributed by atoms with Crippen molar-refractivity contribution >= 4 is 0 Å². The van der Waals surface area contributed by atoms with E-state index in [0.29, 0.717) is 19.2 Å². The number of β-amino-alcohol motifs (C(OH)–C–C–N with tert-alkyl or cyclic N) is 1. The lowest BCUT2D eigenvalue weighted by atomic mass is 10.1. The highest BCUT2D eigenvalue weighted by molar-refractivity contribution is 5.63. The first-order valence-electron chi connectivity index (χ1n) is 11.2. The molecule has 0 bridgehead atoms. The predicted molar refractivity (Wildman–Crippen MR) is 118 cm³/mol. The zero-order valence-electron chi connectivity index (χ0n) is 17.4. The van der Waals surface area contributed by atoms with Gasteiger partial charge in [0.2, 0.25) is 0 Å². The minimum Gasteiger partial charge on any atom is -0.491 e. The molecule has 4 nitrogen and oxygen atoms in total. The smallest absolute Gasteiger partial charge is 0.119 e. The second-order valence-electron chi connectivity index (χ2n) is 8.51. The van der Waals surface area contributed by atoms with Crippen LogP contribution in [0.15, 0.2) is 54.6 Å². The van der Waals surface area contributed by atoms with Gasteiger partial charge in [-0.1, -0.05) is 48.9 Å². The summed E-state index contributed by atoms with van der Waals surface area (Å²) in [6, 6.07) is 19.1. The highest BCUT2D eigenvalue weighted by Crippen LogP contribution is 2.23. The van der Waals surface area contributed by atoms with Gasteiger partial charge in [-0.15, -0.1) is 0 Å². The van der Waals surface area contributed by atoms with Crippen molar-refractivity contribution in [2.45, 2.75) is 44.2 Å². The molecule has 2 aromatic carbocycles. The molecule has 0 saturated carbocycles. The van der Waals surface area contributed by atoms with E-state index in [2.05, 4.69) is 34.1 Å². The molecule has 2 saturated heterocycles. The van der Waals surface area contributed by atoms with Crippen LogP contribution in [0, 0.1) is 0 Å². The Morgan fingerprint density at radius 2 is 1.59 bits per heavy atom. The van der Waals surface area contributed by atoms with Crippen molar-refractivity contribution in [3.8, 4) is 16.9 Å². The van der Waals surface area contributed by atoms with Crippen LogP contribution in [0.2, 0.25) is 0 Å². The summed E-state index contributed by atoms with van der Waals surface area (Å²) >= 11 is 0. The normalized spacial score (nSPS) is 21.9. The number of hydrogen-bond acceptors (Lipinski definition) is 4. The van der Waals surface area contributed by atoms with Crippen molar-refractivity contribution in [1.82, 2.24) is 9.80 Å². The van der Waals surface area contributed by atoms with Crippen LogP contribution in [0.5, 0.6) is 5.75 Å². The number of aliphatic hydroxyl groups excluding tert-OH is 1. The predicted octanol–water partition coefficient (Wildman–Crippen LogP) is 4.04. The van der Waals surface area contributed by atoms with E-state index in [0.717, 1.165) is 18.8 Å². The van der Waals surface area contributed by atoms with Gasteiger partial charge in [-0.3, -0.25) is 4.90 Å². The lowest BCUT2D eigenvalue weighted by molar-refractivity contribution is 0.0555. The van der Waals surface area contributed by atoms with Crippen molar-refractivity contribution in [2.75, 3.05) is 39.3 Å². The Morgan fingerprint density at radius 1 is 0.862 bits per heavy atom. The van der Waals surface area contributed by atoms with Crippen molar-refractivity contribution in [1.29, 1.82) is 0 Å². The second-order valence-corrected chi connectivity index (χ2v) is 8.51. The van der Waals surface area contributed by atoms with Crippen LogP contribution in [0.4, 0.5) is 0 Å². The molecule has 1 N–H and O–H groups in total. The monoisotopic (exact) mass is 394 g/mol. The average molecular weight is 395 g/mol. The van der Waals surface area contributed by atoms with Crippen LogP contribution in [-0.4, -0.2) is 66.4 Å². The third-order valence-corrected chi connectivity index (χ3v) is 6.27. The fraction of sp³-hybridized carbons (Fsp3) is 0.520. The zero-order valence-corrected chi connectivity index (χ0v) is 17.4. The van der Waals surface area contributed by atoms with Crippen LogP contribution < -0.4 is 4.74 Å². The van der Waals surface area contributed by atoms with Crippen LogP contribution in [-0.2, 0) is 0 Å². The Morgan fingerprint density at radius 3 is 2.34 bits per heavy atom. The molecule has 2 unspecified atom stereocenters. The SMILES string of the molecule is OC(COc1ccc(-c2ccccc2)cc1)CN1CCCC1CN1CCCCC1. The molecule has 0 amide bonds. The lowest BCUT2D eigenvalue weighted by Gasteiger charge is -2.33. The van der Waals surface area contributed by atoms with Gasteiger partial charge >= 0.3 is 0 Å². The molecule has 2 atom stereocenters. The van der Waals surface area contributed by atoms with E-state index in [-0.39, 0.29) is 0 Å². The van der Waals surface area contributed by atoms with Crippen molar-refractivity contribution < 1.29 is 9.84 Å². The molecule has 0 aromatic heterocycles. The topological polar surface area (TPSA) is 35.9 Å². The van der Waals surface area contributed by atoms with Gasteiger partial charge in [0.25, 0.3) is 0 Å². The summed E-state index contributed by atoms with van der Waals surface area (Å²) in [5, 5.41) is 10.5. The number of hydrogen-bond donors (Lipinski definition) is 1. The summed E-state index contributed by atoms with van der Waals surface area (Å²) < 4.78 is 5.87. The number of likely N-dealkylation sites (tertiary alicyclic amines) is 2. The van der Waals surface area contributed by atoms with E-state index in [1.54, 1.807) is 0 Å². The average Bonchev–Trinajstić information content (AvgIpc) is 3.20. The first kappa shape index (κ1) is 20.4. The highest BCUT2D eigenvalue weighted by Gasteiger charge is 2.28. The maximum atomic E-state index is 10.5. The van der Waals surface area contributed by atoms with E-state index in [9.17, 15) is 5.11 Å². The third-order valence-electron chi connectivity index (χ3n) is 6.27. The van der Waals surface area contributed by atoms with Crippen LogP contribution in [0.1, 0.15) is 32.1 Å². The lowest BCUT2D eigenvalue weighted by Crippen LogP contribution is -2.45. The Labute approximate surface area is 175 Å². The maximum absolute atomic E-state index is 10.5. The summed E-state index contributed by atoms with van der Waals surface area (Å²) in [7, 11) is 0. The van der Waals surface area contributed by atoms with Crippen LogP contribution >= 0.6 is 0 Å². The van der Waals surface area contributed by atoms with E-state index >= 15 is 0 Å². The second kappa shape index (κ2) is 10.2. The Balaban J connectivity index is 1.23. The van der Waals surface area contributed by atoms with Gasteiger partial charge in [0.15, 0.2) is 0 Å².